The van der Waals surface area contributed by atoms with Gasteiger partial charge in [0.15, 0.2) is 31.5 Å². The number of carbonyl (C=O) groups excluding carboxylic acids is 2. The molecule has 14 N–H and O–H groups in total. The summed E-state index contributed by atoms with van der Waals surface area (Å²) >= 11 is 0. The smallest absolute Gasteiger partial charge is 0.217 e. The fraction of sp³-hybridized carbons (Fsp3) is 0.939. The molecule has 10 aliphatic heterocycles. The predicted octanol–water partition coefficient (Wildman–Crippen LogP) is -9.95. The van der Waals surface area contributed by atoms with Crippen molar-refractivity contribution in [1.82, 2.24) is 10.6 Å². The van der Waals surface area contributed by atoms with E-state index < -0.39 is 192 Å². The van der Waals surface area contributed by atoms with Crippen LogP contribution >= 0.6 is 0 Å². The van der Waals surface area contributed by atoms with Gasteiger partial charge in [0.25, 0.3) is 0 Å². The van der Waals surface area contributed by atoms with Crippen molar-refractivity contribution in [2.24, 2.45) is 0 Å². The average Bonchev–Trinajstić information content (AvgIpc) is 3.50. The van der Waals surface area contributed by atoms with Gasteiger partial charge < -0.3 is 119 Å². The first kappa shape index (κ1) is 46.6. The minimum atomic E-state index is -2.09. The van der Waals surface area contributed by atoms with Gasteiger partial charge in [-0.15, -0.1) is 0 Å². The van der Waals surface area contributed by atoms with E-state index in [4.69, 9.17) is 47.4 Å². The van der Waals surface area contributed by atoms with Crippen molar-refractivity contribution in [2.45, 2.75) is 161 Å². The molecule has 0 aliphatic carbocycles. The Morgan fingerprint density at radius 1 is 0.356 bits per heavy atom. The van der Waals surface area contributed by atoms with Crippen molar-refractivity contribution in [3.63, 3.8) is 0 Å². The highest BCUT2D eigenvalue weighted by atomic mass is 16.8. The molecule has 2 amide bonds. The van der Waals surface area contributed by atoms with Crippen molar-refractivity contribution in [3.05, 3.63) is 0 Å². The summed E-state index contributed by atoms with van der Waals surface area (Å²) in [5, 5.41) is 136. The van der Waals surface area contributed by atoms with Gasteiger partial charge >= 0.3 is 0 Å². The molecule has 0 saturated carbocycles. The Bertz CT molecular complexity index is 1400. The third kappa shape index (κ3) is 9.39. The largest absolute Gasteiger partial charge is 0.394 e. The number of aliphatic hydroxyl groups is 12. The van der Waals surface area contributed by atoms with Gasteiger partial charge in [-0.05, 0) is 0 Å². The van der Waals surface area contributed by atoms with Gasteiger partial charge in [0.1, 0.15) is 116 Å². The summed E-state index contributed by atoms with van der Waals surface area (Å²) in [5.41, 5.74) is 0. The number of hydrogen-bond donors (Lipinski definition) is 14. The summed E-state index contributed by atoms with van der Waals surface area (Å²) in [6, 6.07) is -3.23. The lowest BCUT2D eigenvalue weighted by Gasteiger charge is -2.50. The van der Waals surface area contributed by atoms with Crippen molar-refractivity contribution < 1.29 is 118 Å². The molecule has 10 rings (SSSR count). The van der Waals surface area contributed by atoms with E-state index in [9.17, 15) is 70.9 Å². The fourth-order valence-electron chi connectivity index (χ4n) is 8.02. The van der Waals surface area contributed by atoms with Crippen LogP contribution in [0.1, 0.15) is 13.8 Å². The molecule has 10 aliphatic rings. The monoisotopic (exact) mass is 862 g/mol. The minimum absolute atomic E-state index is 0.751. The van der Waals surface area contributed by atoms with E-state index in [0.29, 0.717) is 0 Å². The molecule has 26 nitrogen and oxygen atoms in total. The Morgan fingerprint density at radius 3 is 1.15 bits per heavy atom. The number of rotatable bonds is 7. The van der Waals surface area contributed by atoms with Gasteiger partial charge in [0.2, 0.25) is 11.8 Å². The lowest BCUT2D eigenvalue weighted by molar-refractivity contribution is -0.385. The van der Waals surface area contributed by atoms with Gasteiger partial charge in [-0.1, -0.05) is 0 Å². The highest BCUT2D eigenvalue weighted by Gasteiger charge is 2.58. The van der Waals surface area contributed by atoms with Crippen LogP contribution in [-0.4, -0.2) is 253 Å². The number of aliphatic hydroxyl groups excluding tert-OH is 12. The summed E-state index contributed by atoms with van der Waals surface area (Å²) in [6.07, 6.45) is -39.4. The van der Waals surface area contributed by atoms with Crippen LogP contribution in [0.15, 0.2) is 0 Å². The molecular formula is C33H54N2O24. The Kier molecular flexibility index (Phi) is 15.5. The summed E-state index contributed by atoms with van der Waals surface area (Å²) in [7, 11) is 0. The molecular weight excluding hydrogens is 808 g/mol. The quantitative estimate of drug-likeness (QED) is 0.113. The Hall–Kier alpha value is -1.94. The minimum Gasteiger partial charge on any atom is -0.394 e. The van der Waals surface area contributed by atoms with E-state index in [-0.39, 0.29) is 0 Å². The predicted molar refractivity (Wildman–Crippen MR) is 180 cm³/mol. The highest BCUT2D eigenvalue weighted by Crippen LogP contribution is 2.38. The van der Waals surface area contributed by atoms with Crippen LogP contribution in [0.3, 0.4) is 0 Å². The molecule has 26 heteroatoms. The fourth-order valence-corrected chi connectivity index (χ4v) is 8.02. The van der Waals surface area contributed by atoms with E-state index in [2.05, 4.69) is 10.6 Å². The molecule has 0 radical (unpaired) electrons. The molecule has 0 unspecified atom stereocenters. The summed E-state index contributed by atoms with van der Waals surface area (Å²) < 4.78 is 58.7. The molecule has 8 bridgehead atoms. The van der Waals surface area contributed by atoms with Crippen molar-refractivity contribution in [3.8, 4) is 0 Å². The second-order valence-electron chi connectivity index (χ2n) is 15.0. The zero-order valence-electron chi connectivity index (χ0n) is 31.7. The van der Waals surface area contributed by atoms with Crippen molar-refractivity contribution in [1.29, 1.82) is 0 Å². The van der Waals surface area contributed by atoms with E-state index in [1.165, 1.54) is 0 Å². The Balaban J connectivity index is 1.44. The summed E-state index contributed by atoms with van der Waals surface area (Å²) in [6.45, 7) is -2.39. The molecule has 59 heavy (non-hydrogen) atoms. The highest BCUT2D eigenvalue weighted by molar-refractivity contribution is 5.73. The van der Waals surface area contributed by atoms with Crippen LogP contribution in [0, 0.1) is 0 Å². The van der Waals surface area contributed by atoms with Crippen LogP contribution in [-0.2, 0) is 57.0 Å². The molecule has 10 saturated heterocycles. The summed E-state index contributed by atoms with van der Waals surface area (Å²) in [5.74, 6) is -1.52. The average molecular weight is 863 g/mol. The molecule has 0 aromatic heterocycles. The maximum atomic E-state index is 12.6. The Morgan fingerprint density at radius 2 is 0.678 bits per heavy atom. The van der Waals surface area contributed by atoms with E-state index in [0.717, 1.165) is 13.8 Å². The topological polar surface area (TPSA) is 393 Å². The lowest BCUT2D eigenvalue weighted by Crippen LogP contribution is -2.70. The second-order valence-corrected chi connectivity index (χ2v) is 15.0. The number of fused-ring (bicyclic) bond motifs is 1. The number of carbonyl (C=O) groups is 2. The first-order valence-corrected chi connectivity index (χ1v) is 19.0. The third-order valence-corrected chi connectivity index (χ3v) is 11.0. The van der Waals surface area contributed by atoms with Crippen LogP contribution in [0.4, 0.5) is 0 Å². The lowest BCUT2D eigenvalue weighted by atomic mass is 9.94. The molecule has 0 aromatic carbocycles. The number of nitrogens with one attached hydrogen (secondary N) is 2. The number of amides is 2. The molecule has 10 heterocycles. The second kappa shape index (κ2) is 19.6. The SMILES string of the molecule is CC(=O)N[C@H]1[C@H]2O[C@@H]3[C@H](O)[C@@H](O)[C@H](O[C@H]4[C@H](O)[C@@H](CO)O[C@H](O[C@H]5[C@H](O[C@@H]6[C@H](O)[C@@H](O)[C@H](O[C@@H]([C@@H]1O)[C@@H](CO)O2)O[C@@H]6CO)O[C@H](CO)[C@H]5O)[C@@H]4NC(C)=O)O[C@@H]3CO. The van der Waals surface area contributed by atoms with Crippen molar-refractivity contribution >= 4 is 11.8 Å². The van der Waals surface area contributed by atoms with Crippen molar-refractivity contribution in [2.75, 3.05) is 33.0 Å². The van der Waals surface area contributed by atoms with Crippen LogP contribution < -0.4 is 10.6 Å². The maximum absolute atomic E-state index is 12.6. The number of hydrogen-bond acceptors (Lipinski definition) is 24. The Labute approximate surface area is 334 Å². The maximum Gasteiger partial charge on any atom is 0.217 e. The number of ether oxygens (including phenoxy) is 10. The van der Waals surface area contributed by atoms with Crippen LogP contribution in [0.2, 0.25) is 0 Å². The molecule has 0 aromatic rings. The standard InChI is InChI=1S/C33H54N2O24/c1-8(41)34-15-19(45)24-12(5-38)52-29(15)55-25-13(6-39)54-32(23(49)20(25)46)58-27-16(35-9(2)42)30(50-10(3-36)17(27)43)59-28-18(44)11(4-37)51-33(28)57-26-14(7-40)53-31(56-24)22(48)21(26)47/h10-33,36-40,43-49H,3-7H2,1-2H3,(H,34,41)(H,35,42)/t10-,11-,12-,13-,14-,15-,16-,17-,18-,19-,20-,21-,22-,23-,24-,25+,26+,27-,28-,29-,30-,31+,32+,33+/m1/s1. The zero-order chi connectivity index (χ0) is 43.0. The van der Waals surface area contributed by atoms with Gasteiger partial charge in [-0.3, -0.25) is 9.59 Å². The van der Waals surface area contributed by atoms with E-state index in [1.807, 2.05) is 0 Å². The molecule has 10 fully saturated rings. The van der Waals surface area contributed by atoms with Gasteiger partial charge in [0, 0.05) is 13.8 Å². The van der Waals surface area contributed by atoms with E-state index >= 15 is 0 Å². The van der Waals surface area contributed by atoms with Crippen LogP contribution in [0.5, 0.6) is 0 Å². The van der Waals surface area contributed by atoms with Gasteiger partial charge in [-0.25, -0.2) is 0 Å². The van der Waals surface area contributed by atoms with Crippen LogP contribution in [0.25, 0.3) is 0 Å². The van der Waals surface area contributed by atoms with Gasteiger partial charge in [-0.2, -0.15) is 0 Å². The third-order valence-electron chi connectivity index (χ3n) is 11.0. The summed E-state index contributed by atoms with van der Waals surface area (Å²) in [4.78, 5) is 24.9. The molecule has 24 atom stereocenters. The molecule has 340 valence electrons. The molecule has 0 spiro atoms. The normalized spacial score (nSPS) is 50.7. The van der Waals surface area contributed by atoms with Gasteiger partial charge in [0.05, 0.1) is 33.0 Å². The van der Waals surface area contributed by atoms with E-state index in [1.54, 1.807) is 0 Å². The first-order valence-electron chi connectivity index (χ1n) is 19.0. The zero-order valence-corrected chi connectivity index (χ0v) is 31.7. The first-order chi connectivity index (χ1) is 28.1.